The second-order valence-electron chi connectivity index (χ2n) is 3.80. The number of hydrogen-bond acceptors (Lipinski definition) is 5. The molecular formula is C11H10Cl2N2O3S. The molecule has 0 N–H and O–H groups in total. The molecule has 0 aliphatic rings. The van der Waals surface area contributed by atoms with Crippen molar-refractivity contribution in [2.45, 2.75) is 12.7 Å². The molecule has 0 aliphatic carbocycles. The van der Waals surface area contributed by atoms with Crippen molar-refractivity contribution in [3.63, 3.8) is 0 Å². The minimum atomic E-state index is -3.21. The highest BCUT2D eigenvalue weighted by atomic mass is 35.5. The minimum absolute atomic E-state index is 0.0203. The Labute approximate surface area is 120 Å². The Morgan fingerprint density at radius 2 is 2.00 bits per heavy atom. The van der Waals surface area contributed by atoms with Crippen LogP contribution in [0.1, 0.15) is 12.8 Å². The molecular weight excluding hydrogens is 311 g/mol. The molecule has 0 aliphatic heterocycles. The number of halogens is 2. The van der Waals surface area contributed by atoms with Gasteiger partial charge in [-0.2, -0.15) is 0 Å². The molecule has 0 amide bonds. The lowest BCUT2D eigenvalue weighted by Gasteiger charge is -1.99. The number of rotatable bonds is 4. The summed E-state index contributed by atoms with van der Waals surface area (Å²) >= 11 is 11.8. The van der Waals surface area contributed by atoms with Crippen LogP contribution in [-0.2, 0) is 15.6 Å². The van der Waals surface area contributed by atoms with Gasteiger partial charge in [-0.1, -0.05) is 30.1 Å². The van der Waals surface area contributed by atoms with Crippen LogP contribution in [0.25, 0.3) is 11.5 Å². The van der Waals surface area contributed by atoms with Gasteiger partial charge in [-0.3, -0.25) is 0 Å². The molecule has 2 rings (SSSR count). The number of sulfone groups is 1. The fourth-order valence-electron chi connectivity index (χ4n) is 1.37. The van der Waals surface area contributed by atoms with E-state index in [0.717, 1.165) is 0 Å². The smallest absolute Gasteiger partial charge is 0.249 e. The van der Waals surface area contributed by atoms with Crippen molar-refractivity contribution in [3.8, 4) is 11.5 Å². The zero-order chi connectivity index (χ0) is 14.0. The third-order valence-electron chi connectivity index (χ3n) is 2.41. The number of hydrogen-bond donors (Lipinski definition) is 0. The van der Waals surface area contributed by atoms with Crippen LogP contribution < -0.4 is 0 Å². The van der Waals surface area contributed by atoms with E-state index >= 15 is 0 Å². The van der Waals surface area contributed by atoms with Gasteiger partial charge in [0.25, 0.3) is 0 Å². The van der Waals surface area contributed by atoms with Gasteiger partial charge in [0.15, 0.2) is 9.84 Å². The predicted molar refractivity (Wildman–Crippen MR) is 72.9 cm³/mol. The lowest BCUT2D eigenvalue weighted by atomic mass is 10.2. The maximum absolute atomic E-state index is 11.5. The highest BCUT2D eigenvalue weighted by Crippen LogP contribution is 2.29. The van der Waals surface area contributed by atoms with Gasteiger partial charge >= 0.3 is 0 Å². The SMILES string of the molecule is CCS(=O)(=O)Cc1nnc(-c2ccc(Cl)cc2Cl)o1. The lowest BCUT2D eigenvalue weighted by molar-refractivity contribution is 0.518. The van der Waals surface area contributed by atoms with E-state index in [9.17, 15) is 8.42 Å². The normalized spacial score (nSPS) is 11.7. The summed E-state index contributed by atoms with van der Waals surface area (Å²) in [6, 6.07) is 4.82. The summed E-state index contributed by atoms with van der Waals surface area (Å²) in [5.41, 5.74) is 0.513. The van der Waals surface area contributed by atoms with Crippen molar-refractivity contribution in [2.75, 3.05) is 5.75 Å². The Morgan fingerprint density at radius 3 is 2.63 bits per heavy atom. The van der Waals surface area contributed by atoms with Crippen LogP contribution in [0, 0.1) is 0 Å². The largest absolute Gasteiger partial charge is 0.420 e. The van der Waals surface area contributed by atoms with Gasteiger partial charge in [-0.15, -0.1) is 10.2 Å². The molecule has 0 saturated heterocycles. The first-order valence-electron chi connectivity index (χ1n) is 5.39. The predicted octanol–water partition coefficient (Wildman–Crippen LogP) is 2.98. The molecule has 102 valence electrons. The summed E-state index contributed by atoms with van der Waals surface area (Å²) in [5, 5.41) is 8.34. The van der Waals surface area contributed by atoms with Gasteiger partial charge < -0.3 is 4.42 Å². The zero-order valence-electron chi connectivity index (χ0n) is 9.93. The first kappa shape index (κ1) is 14.3. The van der Waals surface area contributed by atoms with Gasteiger partial charge in [0.05, 0.1) is 10.6 Å². The minimum Gasteiger partial charge on any atom is -0.420 e. The molecule has 1 aromatic heterocycles. The quantitative estimate of drug-likeness (QED) is 0.865. The fraction of sp³-hybridized carbons (Fsp3) is 0.273. The van der Waals surface area contributed by atoms with Gasteiger partial charge in [0.2, 0.25) is 11.8 Å². The van der Waals surface area contributed by atoms with E-state index in [4.69, 9.17) is 27.6 Å². The molecule has 0 fully saturated rings. The van der Waals surface area contributed by atoms with E-state index < -0.39 is 9.84 Å². The molecule has 0 radical (unpaired) electrons. The molecule has 0 atom stereocenters. The molecule has 0 spiro atoms. The Morgan fingerprint density at radius 1 is 1.26 bits per heavy atom. The van der Waals surface area contributed by atoms with Gasteiger partial charge in [-0.25, -0.2) is 8.42 Å². The summed E-state index contributed by atoms with van der Waals surface area (Å²) in [6.45, 7) is 1.56. The fourth-order valence-corrected chi connectivity index (χ4v) is 2.56. The lowest BCUT2D eigenvalue weighted by Crippen LogP contribution is -2.06. The van der Waals surface area contributed by atoms with E-state index in [-0.39, 0.29) is 23.3 Å². The van der Waals surface area contributed by atoms with Crippen LogP contribution in [-0.4, -0.2) is 24.4 Å². The molecule has 19 heavy (non-hydrogen) atoms. The van der Waals surface area contributed by atoms with Gasteiger partial charge in [0, 0.05) is 10.8 Å². The average molecular weight is 321 g/mol. The number of aromatic nitrogens is 2. The highest BCUT2D eigenvalue weighted by Gasteiger charge is 2.17. The van der Waals surface area contributed by atoms with E-state index in [1.54, 1.807) is 25.1 Å². The highest BCUT2D eigenvalue weighted by molar-refractivity contribution is 7.90. The second kappa shape index (κ2) is 5.48. The number of benzene rings is 1. The van der Waals surface area contributed by atoms with Crippen LogP contribution in [0.5, 0.6) is 0 Å². The second-order valence-corrected chi connectivity index (χ2v) is 7.00. The summed E-state index contributed by atoms with van der Waals surface area (Å²) in [6.07, 6.45) is 0. The van der Waals surface area contributed by atoms with Crippen molar-refractivity contribution in [1.82, 2.24) is 10.2 Å². The molecule has 0 unspecified atom stereocenters. The summed E-state index contributed by atoms with van der Waals surface area (Å²) < 4.78 is 28.2. The van der Waals surface area contributed by atoms with E-state index in [1.165, 1.54) is 0 Å². The van der Waals surface area contributed by atoms with Crippen molar-refractivity contribution >= 4 is 33.0 Å². The molecule has 8 heteroatoms. The molecule has 2 aromatic rings. The molecule has 1 aromatic carbocycles. The van der Waals surface area contributed by atoms with Crippen molar-refractivity contribution in [3.05, 3.63) is 34.1 Å². The summed E-state index contributed by atoms with van der Waals surface area (Å²) in [4.78, 5) is 0. The van der Waals surface area contributed by atoms with Crippen molar-refractivity contribution < 1.29 is 12.8 Å². The van der Waals surface area contributed by atoms with Crippen LogP contribution in [0.3, 0.4) is 0 Å². The maximum Gasteiger partial charge on any atom is 0.249 e. The first-order valence-corrected chi connectivity index (χ1v) is 7.97. The Balaban J connectivity index is 2.31. The summed E-state index contributed by atoms with van der Waals surface area (Å²) in [7, 11) is -3.21. The van der Waals surface area contributed by atoms with Crippen LogP contribution in [0.4, 0.5) is 0 Å². The topological polar surface area (TPSA) is 73.1 Å². The third-order valence-corrected chi connectivity index (χ3v) is 4.53. The summed E-state index contributed by atoms with van der Waals surface area (Å²) in [5.74, 6) is -0.0421. The Bertz CT molecular complexity index is 698. The maximum atomic E-state index is 11.5. The Hall–Kier alpha value is -1.11. The van der Waals surface area contributed by atoms with Gasteiger partial charge in [0.1, 0.15) is 5.75 Å². The van der Waals surface area contributed by atoms with Crippen molar-refractivity contribution in [1.29, 1.82) is 0 Å². The molecule has 0 bridgehead atoms. The van der Waals surface area contributed by atoms with E-state index in [1.807, 2.05) is 0 Å². The van der Waals surface area contributed by atoms with Crippen molar-refractivity contribution in [2.24, 2.45) is 0 Å². The number of nitrogens with zero attached hydrogens (tertiary/aromatic N) is 2. The monoisotopic (exact) mass is 320 g/mol. The molecule has 0 saturated carbocycles. The average Bonchev–Trinajstić information content (AvgIpc) is 2.76. The first-order chi connectivity index (χ1) is 8.91. The molecule has 1 heterocycles. The Kier molecular flexibility index (Phi) is 4.13. The van der Waals surface area contributed by atoms with Crippen LogP contribution in [0.15, 0.2) is 22.6 Å². The van der Waals surface area contributed by atoms with Crippen LogP contribution in [0.2, 0.25) is 10.0 Å². The van der Waals surface area contributed by atoms with Gasteiger partial charge in [-0.05, 0) is 18.2 Å². The third kappa shape index (κ3) is 3.46. The molecule has 5 nitrogen and oxygen atoms in total. The van der Waals surface area contributed by atoms with E-state index in [2.05, 4.69) is 10.2 Å². The zero-order valence-corrected chi connectivity index (χ0v) is 12.3. The standard InChI is InChI=1S/C11H10Cl2N2O3S/c1-2-19(16,17)6-10-14-15-11(18-10)8-4-3-7(12)5-9(8)13/h3-5H,2,6H2,1H3. The van der Waals surface area contributed by atoms with Crippen LogP contribution >= 0.6 is 23.2 Å². The van der Waals surface area contributed by atoms with E-state index in [0.29, 0.717) is 15.6 Å².